The number of halogens is 1. The molecule has 1 saturated heterocycles. The Morgan fingerprint density at radius 1 is 1.73 bits per heavy atom. The number of pyridine rings is 1. The van der Waals surface area contributed by atoms with Crippen molar-refractivity contribution in [1.82, 2.24) is 4.98 Å². The van der Waals surface area contributed by atoms with E-state index in [2.05, 4.69) is 10.1 Å². The molecule has 6 nitrogen and oxygen atoms in total. The summed E-state index contributed by atoms with van der Waals surface area (Å²) in [4.78, 5) is 3.86. The number of hydrazone groups is 1. The summed E-state index contributed by atoms with van der Waals surface area (Å²) < 4.78 is 18.5. The van der Waals surface area contributed by atoms with Gasteiger partial charge in [0, 0.05) is 11.8 Å². The van der Waals surface area contributed by atoms with Crippen molar-refractivity contribution in [2.45, 2.75) is 6.10 Å². The van der Waals surface area contributed by atoms with E-state index in [-0.39, 0.29) is 11.9 Å². The lowest BCUT2D eigenvalue weighted by Crippen LogP contribution is -2.31. The van der Waals surface area contributed by atoms with Crippen molar-refractivity contribution in [3.05, 3.63) is 23.6 Å². The number of nitrogens with zero attached hydrogens (tertiary/aromatic N) is 3. The number of rotatable bonds is 3. The third-order valence-corrected chi connectivity index (χ3v) is 1.98. The zero-order chi connectivity index (χ0) is 10.8. The lowest BCUT2D eigenvalue weighted by atomic mass is 10.2. The quantitative estimate of drug-likeness (QED) is 0.239. The van der Waals surface area contributed by atoms with E-state index in [9.17, 15) is 4.39 Å². The van der Waals surface area contributed by atoms with Gasteiger partial charge in [0.1, 0.15) is 12.4 Å². The molecular formula is C8H10FN5O. The van der Waals surface area contributed by atoms with Gasteiger partial charge in [-0.05, 0) is 6.07 Å². The standard InChI is InChI=1S/C8H10FN5O/c9-6-1-5(7-3-15-7)2-12-8(6)14(11)4-13-10/h1-2,4,7H,3,10-11H2/b13-4-/t7-/m1/s1. The van der Waals surface area contributed by atoms with Gasteiger partial charge in [-0.2, -0.15) is 5.10 Å². The van der Waals surface area contributed by atoms with Gasteiger partial charge in [-0.1, -0.05) is 0 Å². The first-order chi connectivity index (χ1) is 7.22. The van der Waals surface area contributed by atoms with Gasteiger partial charge in [0.15, 0.2) is 11.6 Å². The summed E-state index contributed by atoms with van der Waals surface area (Å²) in [5.74, 6) is 9.73. The lowest BCUT2D eigenvalue weighted by molar-refractivity contribution is 0.414. The molecule has 0 spiro atoms. The van der Waals surface area contributed by atoms with Crippen molar-refractivity contribution < 1.29 is 9.13 Å². The van der Waals surface area contributed by atoms with Crippen molar-refractivity contribution >= 4 is 12.2 Å². The fourth-order valence-electron chi connectivity index (χ4n) is 1.18. The molecule has 80 valence electrons. The molecule has 1 aromatic heterocycles. The Labute approximate surface area is 85.3 Å². The van der Waals surface area contributed by atoms with Crippen LogP contribution in [0.4, 0.5) is 10.2 Å². The Bertz CT molecular complexity index is 393. The fraction of sp³-hybridized carbons (Fsp3) is 0.250. The molecule has 2 heterocycles. The van der Waals surface area contributed by atoms with Crippen molar-refractivity contribution in [2.75, 3.05) is 11.6 Å². The first-order valence-electron chi connectivity index (χ1n) is 4.26. The Morgan fingerprint density at radius 3 is 3.00 bits per heavy atom. The van der Waals surface area contributed by atoms with Crippen LogP contribution in [0.3, 0.4) is 0 Å². The minimum Gasteiger partial charge on any atom is -0.368 e. The summed E-state index contributed by atoms with van der Waals surface area (Å²) in [6.45, 7) is 0.608. The molecule has 1 aliphatic rings. The summed E-state index contributed by atoms with van der Waals surface area (Å²) in [5.41, 5.74) is 0.703. The molecule has 2 rings (SSSR count). The summed E-state index contributed by atoms with van der Waals surface area (Å²) in [6, 6.07) is 1.34. The fourth-order valence-corrected chi connectivity index (χ4v) is 1.18. The molecule has 1 aromatic rings. The first kappa shape index (κ1) is 9.81. The van der Waals surface area contributed by atoms with Crippen LogP contribution < -0.4 is 16.7 Å². The molecule has 1 fully saturated rings. The van der Waals surface area contributed by atoms with Crippen molar-refractivity contribution in [2.24, 2.45) is 16.8 Å². The van der Waals surface area contributed by atoms with Crippen LogP contribution in [0.2, 0.25) is 0 Å². The van der Waals surface area contributed by atoms with Gasteiger partial charge >= 0.3 is 0 Å². The Hall–Kier alpha value is -1.73. The maximum atomic E-state index is 13.5. The topological polar surface area (TPSA) is 93.1 Å². The average molecular weight is 211 g/mol. The van der Waals surface area contributed by atoms with E-state index >= 15 is 0 Å². The van der Waals surface area contributed by atoms with Crippen LogP contribution in [-0.4, -0.2) is 17.9 Å². The maximum Gasteiger partial charge on any atom is 0.184 e. The van der Waals surface area contributed by atoms with Gasteiger partial charge in [-0.3, -0.25) is 0 Å². The first-order valence-corrected chi connectivity index (χ1v) is 4.26. The number of hydrogen-bond acceptors (Lipinski definition) is 5. The van der Waals surface area contributed by atoms with Gasteiger partial charge in [-0.25, -0.2) is 20.2 Å². The van der Waals surface area contributed by atoms with Gasteiger partial charge in [0.25, 0.3) is 0 Å². The highest BCUT2D eigenvalue weighted by Gasteiger charge is 2.26. The second-order valence-electron chi connectivity index (χ2n) is 3.07. The summed E-state index contributed by atoms with van der Waals surface area (Å²) in [5, 5.41) is 4.08. The molecule has 0 bridgehead atoms. The van der Waals surface area contributed by atoms with E-state index in [0.717, 1.165) is 11.3 Å². The average Bonchev–Trinajstić information content (AvgIpc) is 3.01. The maximum absolute atomic E-state index is 13.5. The molecule has 1 aliphatic heterocycles. The minimum absolute atomic E-state index is 0.0320. The molecule has 0 radical (unpaired) electrons. The second-order valence-corrected chi connectivity index (χ2v) is 3.07. The summed E-state index contributed by atoms with van der Waals surface area (Å²) in [7, 11) is 0. The van der Waals surface area contributed by atoms with Crippen LogP contribution in [0.25, 0.3) is 0 Å². The molecular weight excluding hydrogens is 201 g/mol. The molecule has 0 unspecified atom stereocenters. The van der Waals surface area contributed by atoms with Gasteiger partial charge in [-0.15, -0.1) is 0 Å². The number of ether oxygens (including phenoxy) is 1. The monoisotopic (exact) mass is 211 g/mol. The molecule has 0 aromatic carbocycles. The normalized spacial score (nSPS) is 19.5. The zero-order valence-corrected chi connectivity index (χ0v) is 7.80. The number of hydrogen-bond donors (Lipinski definition) is 2. The third kappa shape index (κ3) is 2.03. The van der Waals surface area contributed by atoms with E-state index in [1.54, 1.807) is 0 Å². The van der Waals surface area contributed by atoms with Crippen LogP contribution in [-0.2, 0) is 4.74 Å². The Morgan fingerprint density at radius 2 is 2.47 bits per heavy atom. The van der Waals surface area contributed by atoms with E-state index in [1.807, 2.05) is 0 Å². The molecule has 7 heteroatoms. The highest BCUT2D eigenvalue weighted by atomic mass is 19.1. The lowest BCUT2D eigenvalue weighted by Gasteiger charge is -2.11. The Kier molecular flexibility index (Phi) is 2.48. The molecule has 0 amide bonds. The predicted octanol–water partition coefficient (Wildman–Crippen LogP) is -0.126. The minimum atomic E-state index is -0.537. The van der Waals surface area contributed by atoms with E-state index in [4.69, 9.17) is 16.4 Å². The van der Waals surface area contributed by atoms with E-state index in [1.165, 1.54) is 12.3 Å². The predicted molar refractivity (Wildman–Crippen MR) is 52.2 cm³/mol. The van der Waals surface area contributed by atoms with E-state index < -0.39 is 5.82 Å². The van der Waals surface area contributed by atoms with Crippen LogP contribution in [0.5, 0.6) is 0 Å². The largest absolute Gasteiger partial charge is 0.368 e. The molecule has 0 aliphatic carbocycles. The molecule has 4 N–H and O–H groups in total. The summed E-state index contributed by atoms with van der Waals surface area (Å²) in [6.07, 6.45) is 2.55. The summed E-state index contributed by atoms with van der Waals surface area (Å²) >= 11 is 0. The van der Waals surface area contributed by atoms with Crippen molar-refractivity contribution in [3.63, 3.8) is 0 Å². The van der Waals surface area contributed by atoms with Crippen LogP contribution in [0, 0.1) is 5.82 Å². The van der Waals surface area contributed by atoms with Gasteiger partial charge in [0.05, 0.1) is 6.61 Å². The van der Waals surface area contributed by atoms with E-state index in [0.29, 0.717) is 12.2 Å². The van der Waals surface area contributed by atoms with Crippen LogP contribution >= 0.6 is 0 Å². The van der Waals surface area contributed by atoms with Gasteiger partial charge < -0.3 is 10.6 Å². The molecule has 1 atom stereocenters. The van der Waals surface area contributed by atoms with Crippen LogP contribution in [0.15, 0.2) is 17.4 Å². The highest BCUT2D eigenvalue weighted by molar-refractivity contribution is 5.75. The molecule has 15 heavy (non-hydrogen) atoms. The van der Waals surface area contributed by atoms with Crippen molar-refractivity contribution in [1.29, 1.82) is 0 Å². The van der Waals surface area contributed by atoms with Crippen molar-refractivity contribution in [3.8, 4) is 0 Å². The number of epoxide rings is 1. The highest BCUT2D eigenvalue weighted by Crippen LogP contribution is 2.30. The van der Waals surface area contributed by atoms with Gasteiger partial charge in [0.2, 0.25) is 0 Å². The molecule has 0 saturated carbocycles. The SMILES string of the molecule is N/N=C\N(N)c1ncc([C@H]2CO2)cc1F. The number of anilines is 1. The zero-order valence-electron chi connectivity index (χ0n) is 7.80. The Balaban J connectivity index is 2.25. The smallest absolute Gasteiger partial charge is 0.184 e. The second kappa shape index (κ2) is 3.79. The number of aromatic nitrogens is 1. The van der Waals surface area contributed by atoms with Crippen LogP contribution in [0.1, 0.15) is 11.7 Å². The third-order valence-electron chi connectivity index (χ3n) is 1.98. The number of nitrogens with two attached hydrogens (primary N) is 2. The number of hydrazine groups is 1.